The number of carboxylic acid groups (broad SMARTS) is 1. The van der Waals surface area contributed by atoms with Gasteiger partial charge in [0.15, 0.2) is 5.76 Å². The molecule has 0 radical (unpaired) electrons. The second kappa shape index (κ2) is 5.33. The summed E-state index contributed by atoms with van der Waals surface area (Å²) in [7, 11) is 0. The minimum absolute atomic E-state index is 0.0462. The maximum absolute atomic E-state index is 11.3. The Labute approximate surface area is 98.2 Å². The summed E-state index contributed by atoms with van der Waals surface area (Å²) < 4.78 is 4.78. The van der Waals surface area contributed by atoms with Gasteiger partial charge in [-0.2, -0.15) is 0 Å². The molecular weight excluding hydrogens is 226 g/mol. The number of aromatic nitrogens is 1. The molecule has 0 unspecified atom stereocenters. The second-order valence-electron chi connectivity index (χ2n) is 4.20. The van der Waals surface area contributed by atoms with Gasteiger partial charge in [0, 0.05) is 12.6 Å². The zero-order chi connectivity index (χ0) is 12.9. The van der Waals surface area contributed by atoms with E-state index in [1.165, 1.54) is 20.0 Å². The van der Waals surface area contributed by atoms with Gasteiger partial charge < -0.3 is 20.3 Å². The lowest BCUT2D eigenvalue weighted by Crippen LogP contribution is -2.43. The van der Waals surface area contributed by atoms with Gasteiger partial charge in [-0.1, -0.05) is 5.16 Å². The molecule has 0 saturated carbocycles. The molecule has 0 aliphatic rings. The molecule has 3 N–H and O–H groups in total. The molecule has 0 aromatic carbocycles. The van der Waals surface area contributed by atoms with Crippen molar-refractivity contribution in [1.29, 1.82) is 0 Å². The summed E-state index contributed by atoms with van der Waals surface area (Å²) in [6.45, 7) is 3.32. The van der Waals surface area contributed by atoms with Crippen LogP contribution in [0.25, 0.3) is 0 Å². The summed E-state index contributed by atoms with van der Waals surface area (Å²) in [5, 5.41) is 17.3. The van der Waals surface area contributed by atoms with Crippen LogP contribution in [0.15, 0.2) is 16.8 Å². The van der Waals surface area contributed by atoms with E-state index in [2.05, 4.69) is 15.8 Å². The monoisotopic (exact) mass is 241 g/mol. The van der Waals surface area contributed by atoms with Crippen molar-refractivity contribution in [3.8, 4) is 0 Å². The van der Waals surface area contributed by atoms with E-state index in [0.29, 0.717) is 5.76 Å². The Morgan fingerprint density at radius 2 is 2.18 bits per heavy atom. The van der Waals surface area contributed by atoms with Crippen LogP contribution in [0, 0.1) is 5.41 Å². The predicted molar refractivity (Wildman–Crippen MR) is 58.2 cm³/mol. The molecule has 1 aromatic heterocycles. The molecule has 0 saturated heterocycles. The second-order valence-corrected chi connectivity index (χ2v) is 4.20. The van der Waals surface area contributed by atoms with Gasteiger partial charge in [0.1, 0.15) is 0 Å². The third kappa shape index (κ3) is 4.13. The summed E-state index contributed by atoms with van der Waals surface area (Å²) in [6.07, 6.45) is 1.47. The number of hydrogen-bond donors (Lipinski definition) is 3. The molecule has 1 heterocycles. The number of amides is 2. The number of carbonyl (C=O) groups is 2. The van der Waals surface area contributed by atoms with Crippen LogP contribution in [0.1, 0.15) is 19.6 Å². The first kappa shape index (κ1) is 13.0. The number of nitrogens with one attached hydrogen (secondary N) is 2. The first-order chi connectivity index (χ1) is 7.92. The molecule has 0 bridgehead atoms. The van der Waals surface area contributed by atoms with Gasteiger partial charge in [-0.25, -0.2) is 4.79 Å². The lowest BCUT2D eigenvalue weighted by molar-refractivity contribution is -0.146. The Morgan fingerprint density at radius 1 is 1.47 bits per heavy atom. The van der Waals surface area contributed by atoms with E-state index >= 15 is 0 Å². The third-order valence-corrected chi connectivity index (χ3v) is 2.18. The van der Waals surface area contributed by atoms with Crippen molar-refractivity contribution in [3.05, 3.63) is 18.0 Å². The Hall–Kier alpha value is -2.05. The normalized spacial score (nSPS) is 10.9. The van der Waals surface area contributed by atoms with E-state index in [0.717, 1.165) is 0 Å². The van der Waals surface area contributed by atoms with Crippen LogP contribution in [0.4, 0.5) is 4.79 Å². The van der Waals surface area contributed by atoms with Gasteiger partial charge in [0.05, 0.1) is 18.2 Å². The quantitative estimate of drug-likeness (QED) is 0.699. The van der Waals surface area contributed by atoms with Gasteiger partial charge >= 0.3 is 12.0 Å². The Kier molecular flexibility index (Phi) is 4.08. The van der Waals surface area contributed by atoms with Gasteiger partial charge in [-0.15, -0.1) is 0 Å². The fourth-order valence-corrected chi connectivity index (χ4v) is 0.940. The van der Waals surface area contributed by atoms with Crippen molar-refractivity contribution in [1.82, 2.24) is 15.8 Å². The number of aliphatic carboxylic acids is 1. The summed E-state index contributed by atoms with van der Waals surface area (Å²) in [5.74, 6) is -0.439. The average Bonchev–Trinajstić information content (AvgIpc) is 2.76. The van der Waals surface area contributed by atoms with Crippen LogP contribution >= 0.6 is 0 Å². The number of carbonyl (C=O) groups excluding carboxylic acids is 1. The highest BCUT2D eigenvalue weighted by Gasteiger charge is 2.27. The molecule has 1 rings (SSSR count). The standard InChI is InChI=1S/C10H15N3O4/c1-10(2,8(14)15)6-12-9(16)11-5-7-3-4-13-17-7/h3-4H,5-6H2,1-2H3,(H,14,15)(H2,11,12,16). The van der Waals surface area contributed by atoms with E-state index in [1.807, 2.05) is 0 Å². The number of rotatable bonds is 5. The van der Waals surface area contributed by atoms with Crippen LogP contribution in [-0.2, 0) is 11.3 Å². The van der Waals surface area contributed by atoms with E-state index in [9.17, 15) is 9.59 Å². The summed E-state index contributed by atoms with van der Waals surface area (Å²) in [6, 6.07) is 1.18. The number of carboxylic acids is 1. The van der Waals surface area contributed by atoms with Crippen LogP contribution < -0.4 is 10.6 Å². The highest BCUT2D eigenvalue weighted by atomic mass is 16.5. The van der Waals surface area contributed by atoms with Gasteiger partial charge in [-0.05, 0) is 13.8 Å². The lowest BCUT2D eigenvalue weighted by Gasteiger charge is -2.19. The maximum atomic E-state index is 11.3. The lowest BCUT2D eigenvalue weighted by atomic mass is 9.94. The first-order valence-corrected chi connectivity index (χ1v) is 5.06. The fraction of sp³-hybridized carbons (Fsp3) is 0.500. The van der Waals surface area contributed by atoms with Crippen LogP contribution in [0.3, 0.4) is 0 Å². The molecule has 0 fully saturated rings. The number of urea groups is 1. The van der Waals surface area contributed by atoms with Crippen molar-refractivity contribution >= 4 is 12.0 Å². The molecule has 0 atom stereocenters. The van der Waals surface area contributed by atoms with Crippen LogP contribution in [0.5, 0.6) is 0 Å². The maximum Gasteiger partial charge on any atom is 0.315 e. The van der Waals surface area contributed by atoms with Crippen molar-refractivity contribution in [2.24, 2.45) is 5.41 Å². The third-order valence-electron chi connectivity index (χ3n) is 2.18. The predicted octanol–water partition coefficient (Wildman–Crippen LogP) is 0.585. The van der Waals surface area contributed by atoms with Crippen molar-refractivity contribution in [3.63, 3.8) is 0 Å². The summed E-state index contributed by atoms with van der Waals surface area (Å²) in [5.41, 5.74) is -0.996. The van der Waals surface area contributed by atoms with E-state index in [-0.39, 0.29) is 13.1 Å². The molecule has 7 heteroatoms. The largest absolute Gasteiger partial charge is 0.481 e. The molecule has 7 nitrogen and oxygen atoms in total. The summed E-state index contributed by atoms with van der Waals surface area (Å²) >= 11 is 0. The van der Waals surface area contributed by atoms with Gasteiger partial charge in [0.25, 0.3) is 0 Å². The number of nitrogens with zero attached hydrogens (tertiary/aromatic N) is 1. The number of hydrogen-bond acceptors (Lipinski definition) is 4. The zero-order valence-electron chi connectivity index (χ0n) is 9.69. The minimum atomic E-state index is -0.996. The molecule has 2 amide bonds. The molecular formula is C10H15N3O4. The molecule has 0 aliphatic heterocycles. The summed E-state index contributed by atoms with van der Waals surface area (Å²) in [4.78, 5) is 22.1. The van der Waals surface area contributed by atoms with Gasteiger partial charge in [0.2, 0.25) is 0 Å². The van der Waals surface area contributed by atoms with Crippen molar-refractivity contribution < 1.29 is 19.2 Å². The molecule has 0 spiro atoms. The zero-order valence-corrected chi connectivity index (χ0v) is 9.69. The Balaban J connectivity index is 2.28. The van der Waals surface area contributed by atoms with Crippen LogP contribution in [0.2, 0.25) is 0 Å². The van der Waals surface area contributed by atoms with Crippen molar-refractivity contribution in [2.45, 2.75) is 20.4 Å². The Morgan fingerprint density at radius 3 is 2.71 bits per heavy atom. The van der Waals surface area contributed by atoms with E-state index in [1.54, 1.807) is 6.07 Å². The highest BCUT2D eigenvalue weighted by molar-refractivity contribution is 5.77. The van der Waals surface area contributed by atoms with Crippen LogP contribution in [-0.4, -0.2) is 28.8 Å². The van der Waals surface area contributed by atoms with Crippen molar-refractivity contribution in [2.75, 3.05) is 6.54 Å². The smallest absolute Gasteiger partial charge is 0.315 e. The van der Waals surface area contributed by atoms with Gasteiger partial charge in [-0.3, -0.25) is 4.79 Å². The highest BCUT2D eigenvalue weighted by Crippen LogP contribution is 2.12. The fourth-order valence-electron chi connectivity index (χ4n) is 0.940. The van der Waals surface area contributed by atoms with E-state index < -0.39 is 17.4 Å². The SMILES string of the molecule is CC(C)(CNC(=O)NCc1ccno1)C(=O)O. The molecule has 1 aromatic rings. The molecule has 94 valence electrons. The minimum Gasteiger partial charge on any atom is -0.481 e. The van der Waals surface area contributed by atoms with E-state index in [4.69, 9.17) is 9.63 Å². The average molecular weight is 241 g/mol. The Bertz CT molecular complexity index is 386. The molecule has 17 heavy (non-hydrogen) atoms. The first-order valence-electron chi connectivity index (χ1n) is 5.06. The topological polar surface area (TPSA) is 104 Å². The molecule has 0 aliphatic carbocycles.